The molecule has 5 heteroatoms. The summed E-state index contributed by atoms with van der Waals surface area (Å²) in [5, 5.41) is -0.312. The number of rotatable bonds is 2. The number of nitrogens with zero attached hydrogens (tertiary/aromatic N) is 1. The van der Waals surface area contributed by atoms with Crippen molar-refractivity contribution < 1.29 is 14.4 Å². The third kappa shape index (κ3) is 2.35. The fraction of sp³-hybridized carbons (Fsp3) is 0.667. The number of carbonyl (C=O) groups excluding carboxylic acids is 3. The molecule has 1 rings (SSSR count). The van der Waals surface area contributed by atoms with Gasteiger partial charge in [0.25, 0.3) is 5.24 Å². The molecule has 1 fully saturated rings. The van der Waals surface area contributed by atoms with Crippen molar-refractivity contribution in [3.63, 3.8) is 0 Å². The zero-order chi connectivity index (χ0) is 10.9. The number of carbonyl (C=O) groups is 3. The maximum Gasteiger partial charge on any atom is 0.289 e. The maximum atomic E-state index is 11.6. The SMILES string of the molecule is CC(C)(C)C(=O)CN1C(=O)CSC1=O. The van der Waals surface area contributed by atoms with Crippen LogP contribution in [-0.4, -0.2) is 34.1 Å². The number of hydrogen-bond acceptors (Lipinski definition) is 4. The molecule has 1 saturated heterocycles. The second kappa shape index (κ2) is 3.73. The van der Waals surface area contributed by atoms with Crippen LogP contribution in [0.2, 0.25) is 0 Å². The van der Waals surface area contributed by atoms with Gasteiger partial charge in [-0.1, -0.05) is 32.5 Å². The first-order valence-corrected chi connectivity index (χ1v) is 5.31. The Morgan fingerprint density at radius 1 is 1.43 bits per heavy atom. The minimum Gasteiger partial charge on any atom is -0.297 e. The van der Waals surface area contributed by atoms with Crippen molar-refractivity contribution in [2.45, 2.75) is 20.8 Å². The summed E-state index contributed by atoms with van der Waals surface area (Å²) in [7, 11) is 0. The first-order chi connectivity index (χ1) is 6.32. The van der Waals surface area contributed by atoms with E-state index in [2.05, 4.69) is 0 Å². The van der Waals surface area contributed by atoms with E-state index in [4.69, 9.17) is 0 Å². The van der Waals surface area contributed by atoms with Gasteiger partial charge in [-0.3, -0.25) is 19.3 Å². The average molecular weight is 215 g/mol. The molecule has 0 aromatic heterocycles. The molecule has 0 atom stereocenters. The van der Waals surface area contributed by atoms with Crippen molar-refractivity contribution in [1.29, 1.82) is 0 Å². The monoisotopic (exact) mass is 215 g/mol. The minimum atomic E-state index is -0.506. The van der Waals surface area contributed by atoms with Crippen molar-refractivity contribution >= 4 is 28.7 Å². The number of thioether (sulfide) groups is 1. The first-order valence-electron chi connectivity index (χ1n) is 4.33. The molecule has 0 aromatic rings. The van der Waals surface area contributed by atoms with E-state index in [1.807, 2.05) is 0 Å². The first kappa shape index (κ1) is 11.2. The molecule has 4 nitrogen and oxygen atoms in total. The Hall–Kier alpha value is -0.840. The van der Waals surface area contributed by atoms with Gasteiger partial charge in [0.15, 0.2) is 5.78 Å². The Labute approximate surface area is 87.0 Å². The van der Waals surface area contributed by atoms with Crippen LogP contribution < -0.4 is 0 Å². The molecule has 0 unspecified atom stereocenters. The summed E-state index contributed by atoms with van der Waals surface area (Å²) < 4.78 is 0. The fourth-order valence-electron chi connectivity index (χ4n) is 0.915. The summed E-state index contributed by atoms with van der Waals surface area (Å²) in [4.78, 5) is 34.9. The highest BCUT2D eigenvalue weighted by Gasteiger charge is 2.34. The van der Waals surface area contributed by atoms with E-state index >= 15 is 0 Å². The quantitative estimate of drug-likeness (QED) is 0.696. The highest BCUT2D eigenvalue weighted by molar-refractivity contribution is 8.14. The molecule has 0 saturated carbocycles. The van der Waals surface area contributed by atoms with E-state index in [9.17, 15) is 14.4 Å². The van der Waals surface area contributed by atoms with Crippen LogP contribution in [0.25, 0.3) is 0 Å². The summed E-state index contributed by atoms with van der Waals surface area (Å²) in [5.74, 6) is -0.199. The number of hydrogen-bond donors (Lipinski definition) is 0. The molecule has 0 bridgehead atoms. The molecule has 1 aliphatic heterocycles. The standard InChI is InChI=1S/C9H13NO3S/c1-9(2,3)6(11)4-10-7(12)5-14-8(10)13/h4-5H2,1-3H3. The molecule has 0 aliphatic carbocycles. The Morgan fingerprint density at radius 2 is 2.00 bits per heavy atom. The van der Waals surface area contributed by atoms with Crippen molar-refractivity contribution in [3.8, 4) is 0 Å². The Bertz CT molecular complexity index is 277. The number of ketones is 1. The van der Waals surface area contributed by atoms with Gasteiger partial charge in [0.1, 0.15) is 0 Å². The van der Waals surface area contributed by atoms with Crippen LogP contribution in [-0.2, 0) is 9.59 Å². The van der Waals surface area contributed by atoms with Crippen LogP contribution in [0.5, 0.6) is 0 Å². The predicted molar refractivity (Wildman–Crippen MR) is 54.0 cm³/mol. The van der Waals surface area contributed by atoms with Gasteiger partial charge in [0, 0.05) is 5.41 Å². The van der Waals surface area contributed by atoms with E-state index in [1.54, 1.807) is 20.8 Å². The summed E-state index contributed by atoms with van der Waals surface area (Å²) >= 11 is 0.951. The van der Waals surface area contributed by atoms with Gasteiger partial charge in [0.2, 0.25) is 5.91 Å². The van der Waals surface area contributed by atoms with Gasteiger partial charge >= 0.3 is 0 Å². The molecule has 0 spiro atoms. The van der Waals surface area contributed by atoms with Gasteiger partial charge < -0.3 is 0 Å². The lowest BCUT2D eigenvalue weighted by Crippen LogP contribution is -2.38. The zero-order valence-electron chi connectivity index (χ0n) is 8.49. The van der Waals surface area contributed by atoms with Crippen LogP contribution in [0.4, 0.5) is 4.79 Å². The molecular formula is C9H13NO3S. The summed E-state index contributed by atoms with van der Waals surface area (Å²) in [6.45, 7) is 5.22. The molecule has 1 aliphatic rings. The van der Waals surface area contributed by atoms with Gasteiger partial charge in [-0.05, 0) is 0 Å². The predicted octanol–water partition coefficient (Wildman–Crippen LogP) is 1.30. The lowest BCUT2D eigenvalue weighted by Gasteiger charge is -2.20. The van der Waals surface area contributed by atoms with Gasteiger partial charge in [0.05, 0.1) is 12.3 Å². The third-order valence-electron chi connectivity index (χ3n) is 1.98. The topological polar surface area (TPSA) is 54.5 Å². The summed E-state index contributed by atoms with van der Waals surface area (Å²) in [6.07, 6.45) is 0. The number of amides is 2. The van der Waals surface area contributed by atoms with Crippen molar-refractivity contribution in [2.75, 3.05) is 12.3 Å². The van der Waals surface area contributed by atoms with Crippen molar-refractivity contribution in [3.05, 3.63) is 0 Å². The van der Waals surface area contributed by atoms with E-state index in [1.165, 1.54) is 0 Å². The van der Waals surface area contributed by atoms with Crippen molar-refractivity contribution in [1.82, 2.24) is 4.90 Å². The van der Waals surface area contributed by atoms with E-state index in [0.717, 1.165) is 16.7 Å². The molecule has 14 heavy (non-hydrogen) atoms. The average Bonchev–Trinajstić information content (AvgIpc) is 2.34. The smallest absolute Gasteiger partial charge is 0.289 e. The molecular weight excluding hydrogens is 202 g/mol. The van der Waals surface area contributed by atoms with E-state index < -0.39 is 5.41 Å². The molecule has 1 heterocycles. The van der Waals surface area contributed by atoms with Crippen LogP contribution >= 0.6 is 11.8 Å². The second-order valence-electron chi connectivity index (χ2n) is 4.21. The minimum absolute atomic E-state index is 0.0891. The molecule has 78 valence electrons. The van der Waals surface area contributed by atoms with Crippen LogP contribution in [0, 0.1) is 5.41 Å². The van der Waals surface area contributed by atoms with E-state index in [-0.39, 0.29) is 29.2 Å². The van der Waals surface area contributed by atoms with Gasteiger partial charge in [-0.15, -0.1) is 0 Å². The highest BCUT2D eigenvalue weighted by Crippen LogP contribution is 2.21. The molecule has 2 amide bonds. The Balaban J connectivity index is 2.65. The van der Waals surface area contributed by atoms with Gasteiger partial charge in [-0.2, -0.15) is 0 Å². The zero-order valence-corrected chi connectivity index (χ0v) is 9.31. The van der Waals surface area contributed by atoms with Gasteiger partial charge in [-0.25, -0.2) is 0 Å². The molecule has 0 radical (unpaired) electrons. The lowest BCUT2D eigenvalue weighted by atomic mass is 9.90. The van der Waals surface area contributed by atoms with Crippen LogP contribution in [0.3, 0.4) is 0 Å². The molecule has 0 N–H and O–H groups in total. The second-order valence-corrected chi connectivity index (χ2v) is 5.13. The lowest BCUT2D eigenvalue weighted by molar-refractivity contribution is -0.133. The summed E-state index contributed by atoms with van der Waals surface area (Å²) in [5.41, 5.74) is -0.506. The Kier molecular flexibility index (Phi) is 2.99. The number of Topliss-reactive ketones (excluding diaryl/α,β-unsaturated/α-hetero) is 1. The third-order valence-corrected chi connectivity index (χ3v) is 2.84. The largest absolute Gasteiger partial charge is 0.297 e. The fourth-order valence-corrected chi connectivity index (χ4v) is 1.64. The Morgan fingerprint density at radius 3 is 2.36 bits per heavy atom. The normalized spacial score (nSPS) is 17.8. The number of imide groups is 1. The summed E-state index contributed by atoms with van der Waals surface area (Å²) in [6, 6.07) is 0. The molecule has 0 aromatic carbocycles. The highest BCUT2D eigenvalue weighted by atomic mass is 32.2. The van der Waals surface area contributed by atoms with Crippen LogP contribution in [0.1, 0.15) is 20.8 Å². The van der Waals surface area contributed by atoms with Crippen LogP contribution in [0.15, 0.2) is 0 Å². The maximum absolute atomic E-state index is 11.6. The van der Waals surface area contributed by atoms with E-state index in [0.29, 0.717) is 0 Å². The van der Waals surface area contributed by atoms with Crippen molar-refractivity contribution in [2.24, 2.45) is 5.41 Å².